The Morgan fingerprint density at radius 1 is 1.37 bits per heavy atom. The molecule has 0 aliphatic rings. The van der Waals surface area contributed by atoms with Gasteiger partial charge in [0.1, 0.15) is 0 Å². The number of hydrogen-bond acceptors (Lipinski definition) is 4. The first-order valence-corrected chi connectivity index (χ1v) is 8.67. The summed E-state index contributed by atoms with van der Waals surface area (Å²) < 4.78 is 26.3. The van der Waals surface area contributed by atoms with Crippen molar-refractivity contribution in [1.82, 2.24) is 4.72 Å². The molecule has 7 heteroatoms. The number of benzene rings is 1. The van der Waals surface area contributed by atoms with Crippen LogP contribution in [0.3, 0.4) is 0 Å². The Morgan fingerprint density at radius 3 is 2.74 bits per heavy atom. The molecule has 0 aromatic heterocycles. The van der Waals surface area contributed by atoms with Gasteiger partial charge < -0.3 is 5.11 Å². The molecule has 1 rings (SSSR count). The number of carboxylic acid groups (broad SMARTS) is 1. The van der Waals surface area contributed by atoms with Crippen LogP contribution < -0.4 is 4.72 Å². The van der Waals surface area contributed by atoms with Crippen molar-refractivity contribution < 1.29 is 18.3 Å². The fourth-order valence-corrected chi connectivity index (χ4v) is 3.07. The standard InChI is InChI=1S/C12H17NO4S2/c1-18-8-3-2-7-13-19(16,17)11-6-4-5-10(9-11)12(14)15/h4-6,9,13H,2-3,7-8H2,1H3,(H,14,15). The maximum atomic E-state index is 11.9. The monoisotopic (exact) mass is 303 g/mol. The summed E-state index contributed by atoms with van der Waals surface area (Å²) in [5.74, 6) is -0.145. The molecule has 0 radical (unpaired) electrons. The molecule has 0 unspecified atom stereocenters. The predicted octanol–water partition coefficient (Wildman–Crippen LogP) is 1.81. The van der Waals surface area contributed by atoms with Crippen LogP contribution in [0.15, 0.2) is 29.2 Å². The van der Waals surface area contributed by atoms with Crippen molar-refractivity contribution in [2.75, 3.05) is 18.6 Å². The second-order valence-electron chi connectivity index (χ2n) is 3.93. The van der Waals surface area contributed by atoms with Gasteiger partial charge in [-0.25, -0.2) is 17.9 Å². The summed E-state index contributed by atoms with van der Waals surface area (Å²) in [6.45, 7) is 0.361. The summed E-state index contributed by atoms with van der Waals surface area (Å²) in [6, 6.07) is 5.33. The summed E-state index contributed by atoms with van der Waals surface area (Å²) in [5, 5.41) is 8.83. The van der Waals surface area contributed by atoms with Crippen LogP contribution >= 0.6 is 11.8 Å². The third-order valence-corrected chi connectivity index (χ3v) is 4.61. The smallest absolute Gasteiger partial charge is 0.335 e. The van der Waals surface area contributed by atoms with Crippen molar-refractivity contribution >= 4 is 27.8 Å². The number of carbonyl (C=O) groups is 1. The number of aromatic carboxylic acids is 1. The number of nitrogens with one attached hydrogen (secondary N) is 1. The van der Waals surface area contributed by atoms with Crippen LogP contribution in [0.4, 0.5) is 0 Å². The Balaban J connectivity index is 2.66. The molecule has 1 aromatic rings. The SMILES string of the molecule is CSCCCCNS(=O)(=O)c1cccc(C(=O)O)c1. The lowest BCUT2D eigenvalue weighted by Gasteiger charge is -2.07. The quantitative estimate of drug-likeness (QED) is 0.716. The highest BCUT2D eigenvalue weighted by Crippen LogP contribution is 2.11. The topological polar surface area (TPSA) is 83.5 Å². The van der Waals surface area contributed by atoms with Crippen LogP contribution in [0, 0.1) is 0 Å². The zero-order valence-electron chi connectivity index (χ0n) is 10.6. The van der Waals surface area contributed by atoms with E-state index in [1.165, 1.54) is 18.2 Å². The lowest BCUT2D eigenvalue weighted by molar-refractivity contribution is 0.0696. The first kappa shape index (κ1) is 16.0. The van der Waals surface area contributed by atoms with Crippen LogP contribution in [-0.4, -0.2) is 38.0 Å². The highest BCUT2D eigenvalue weighted by molar-refractivity contribution is 7.98. The summed E-state index contributed by atoms with van der Waals surface area (Å²) in [4.78, 5) is 10.8. The van der Waals surface area contributed by atoms with Crippen molar-refractivity contribution in [3.8, 4) is 0 Å². The molecular weight excluding hydrogens is 286 g/mol. The first-order valence-electron chi connectivity index (χ1n) is 5.79. The molecule has 0 spiro atoms. The first-order chi connectivity index (χ1) is 8.97. The molecule has 0 bridgehead atoms. The van der Waals surface area contributed by atoms with Crippen LogP contribution in [0.2, 0.25) is 0 Å². The summed E-state index contributed by atoms with van der Waals surface area (Å²) in [5.41, 5.74) is -0.0368. The van der Waals surface area contributed by atoms with E-state index in [0.29, 0.717) is 6.54 Å². The van der Waals surface area contributed by atoms with Gasteiger partial charge in [0.2, 0.25) is 10.0 Å². The fraction of sp³-hybridized carbons (Fsp3) is 0.417. The van der Waals surface area contributed by atoms with E-state index in [0.717, 1.165) is 24.7 Å². The minimum Gasteiger partial charge on any atom is -0.478 e. The molecule has 0 aliphatic carbocycles. The number of unbranched alkanes of at least 4 members (excludes halogenated alkanes) is 1. The number of hydrogen-bond donors (Lipinski definition) is 2. The number of rotatable bonds is 8. The summed E-state index contributed by atoms with van der Waals surface area (Å²) in [6.07, 6.45) is 3.71. The van der Waals surface area contributed by atoms with Gasteiger partial charge in [-0.05, 0) is 43.0 Å². The zero-order chi connectivity index (χ0) is 14.3. The molecule has 0 saturated carbocycles. The second-order valence-corrected chi connectivity index (χ2v) is 6.68. The van der Waals surface area contributed by atoms with Crippen molar-refractivity contribution in [3.63, 3.8) is 0 Å². The van der Waals surface area contributed by atoms with Crippen molar-refractivity contribution in [2.45, 2.75) is 17.7 Å². The van der Waals surface area contributed by atoms with Gasteiger partial charge in [0, 0.05) is 6.54 Å². The van der Waals surface area contributed by atoms with Gasteiger partial charge in [-0.2, -0.15) is 11.8 Å². The Labute approximate surface area is 117 Å². The Morgan fingerprint density at radius 2 is 2.11 bits per heavy atom. The summed E-state index contributed by atoms with van der Waals surface area (Å²) in [7, 11) is -3.62. The van der Waals surface area contributed by atoms with Crippen LogP contribution in [0.5, 0.6) is 0 Å². The van der Waals surface area contributed by atoms with Gasteiger partial charge in [0.15, 0.2) is 0 Å². The molecule has 0 heterocycles. The Bertz CT molecular complexity index is 528. The van der Waals surface area contributed by atoms with Crippen LogP contribution in [0.1, 0.15) is 23.2 Å². The van der Waals surface area contributed by atoms with E-state index in [4.69, 9.17) is 5.11 Å². The third kappa shape index (κ3) is 5.22. The Kier molecular flexibility index (Phi) is 6.33. The number of carboxylic acids is 1. The average Bonchev–Trinajstić information content (AvgIpc) is 2.38. The van der Waals surface area contributed by atoms with Crippen LogP contribution in [0.25, 0.3) is 0 Å². The molecule has 5 nitrogen and oxygen atoms in total. The maximum absolute atomic E-state index is 11.9. The lowest BCUT2D eigenvalue weighted by Crippen LogP contribution is -2.25. The molecule has 19 heavy (non-hydrogen) atoms. The number of thioether (sulfide) groups is 1. The molecule has 0 aliphatic heterocycles. The minimum atomic E-state index is -3.62. The van der Waals surface area contributed by atoms with Crippen LogP contribution in [-0.2, 0) is 10.0 Å². The third-order valence-electron chi connectivity index (χ3n) is 2.46. The molecule has 0 fully saturated rings. The molecule has 106 valence electrons. The average molecular weight is 303 g/mol. The zero-order valence-corrected chi connectivity index (χ0v) is 12.3. The molecular formula is C12H17NO4S2. The van der Waals surface area contributed by atoms with Gasteiger partial charge >= 0.3 is 5.97 Å². The van der Waals surface area contributed by atoms with Gasteiger partial charge in [0.05, 0.1) is 10.5 Å². The molecule has 0 amide bonds. The minimum absolute atomic E-state index is 0.0164. The van der Waals surface area contributed by atoms with Crippen molar-refractivity contribution in [3.05, 3.63) is 29.8 Å². The highest BCUT2D eigenvalue weighted by atomic mass is 32.2. The van der Waals surface area contributed by atoms with Gasteiger partial charge in [-0.3, -0.25) is 0 Å². The summed E-state index contributed by atoms with van der Waals surface area (Å²) >= 11 is 1.72. The van der Waals surface area contributed by atoms with E-state index in [-0.39, 0.29) is 10.5 Å². The predicted molar refractivity (Wildman–Crippen MR) is 76.2 cm³/mol. The second kappa shape index (κ2) is 7.52. The van der Waals surface area contributed by atoms with E-state index in [9.17, 15) is 13.2 Å². The molecule has 0 saturated heterocycles. The Hall–Kier alpha value is -1.05. The maximum Gasteiger partial charge on any atom is 0.335 e. The number of sulfonamides is 1. The lowest BCUT2D eigenvalue weighted by atomic mass is 10.2. The van der Waals surface area contributed by atoms with Crippen molar-refractivity contribution in [1.29, 1.82) is 0 Å². The van der Waals surface area contributed by atoms with E-state index in [2.05, 4.69) is 4.72 Å². The van der Waals surface area contributed by atoms with Gasteiger partial charge in [0.25, 0.3) is 0 Å². The normalized spacial score (nSPS) is 11.4. The largest absolute Gasteiger partial charge is 0.478 e. The van der Waals surface area contributed by atoms with E-state index >= 15 is 0 Å². The molecule has 1 aromatic carbocycles. The van der Waals surface area contributed by atoms with Gasteiger partial charge in [-0.15, -0.1) is 0 Å². The van der Waals surface area contributed by atoms with E-state index in [1.807, 2.05) is 6.26 Å². The van der Waals surface area contributed by atoms with E-state index < -0.39 is 16.0 Å². The molecule has 2 N–H and O–H groups in total. The fourth-order valence-electron chi connectivity index (χ4n) is 1.46. The van der Waals surface area contributed by atoms with Crippen molar-refractivity contribution in [2.24, 2.45) is 0 Å². The van der Waals surface area contributed by atoms with Gasteiger partial charge in [-0.1, -0.05) is 6.07 Å². The highest BCUT2D eigenvalue weighted by Gasteiger charge is 2.15. The van der Waals surface area contributed by atoms with E-state index in [1.54, 1.807) is 11.8 Å². The molecule has 0 atom stereocenters.